The third kappa shape index (κ3) is 3.70. The second kappa shape index (κ2) is 6.70. The molecule has 0 bridgehead atoms. The lowest BCUT2D eigenvalue weighted by atomic mass is 10.0. The summed E-state index contributed by atoms with van der Waals surface area (Å²) < 4.78 is 13.8. The smallest absolute Gasteiger partial charge is 0.335 e. The Balaban J connectivity index is 1.93. The number of benzene rings is 1. The fourth-order valence-electron chi connectivity index (χ4n) is 2.60. The molecule has 1 saturated heterocycles. The van der Waals surface area contributed by atoms with E-state index in [1.54, 1.807) is 0 Å². The lowest BCUT2D eigenvalue weighted by Gasteiger charge is -2.32. The standard InChI is InChI=1S/C15H21FN2O2/c1-2-7-18-8-5-12(6-9-18)17-14-4-3-11(15(19)20)10-13(14)16/h3-4,10,12,17H,2,5-9H2,1H3,(H,19,20). The molecule has 1 aromatic rings. The van der Waals surface area contributed by atoms with Crippen LogP contribution < -0.4 is 5.32 Å². The average Bonchev–Trinajstić information content (AvgIpc) is 2.43. The number of hydrogen-bond donors (Lipinski definition) is 2. The molecule has 110 valence electrons. The summed E-state index contributed by atoms with van der Waals surface area (Å²) in [5, 5.41) is 12.0. The Morgan fingerprint density at radius 2 is 2.15 bits per heavy atom. The molecule has 1 aliphatic rings. The van der Waals surface area contributed by atoms with E-state index in [4.69, 9.17) is 5.11 Å². The van der Waals surface area contributed by atoms with Crippen LogP contribution in [-0.4, -0.2) is 41.7 Å². The minimum Gasteiger partial charge on any atom is -0.478 e. The van der Waals surface area contributed by atoms with Gasteiger partial charge in [0.2, 0.25) is 0 Å². The summed E-state index contributed by atoms with van der Waals surface area (Å²) in [6.07, 6.45) is 3.13. The molecule has 0 atom stereocenters. The zero-order valence-electron chi connectivity index (χ0n) is 11.7. The summed E-state index contributed by atoms with van der Waals surface area (Å²) in [6, 6.07) is 4.27. The van der Waals surface area contributed by atoms with Gasteiger partial charge in [0.05, 0.1) is 11.3 Å². The van der Waals surface area contributed by atoms with E-state index in [0.717, 1.165) is 45.0 Å². The Kier molecular flexibility index (Phi) is 4.95. The molecule has 0 amide bonds. The van der Waals surface area contributed by atoms with E-state index in [2.05, 4.69) is 17.1 Å². The number of carbonyl (C=O) groups is 1. The van der Waals surface area contributed by atoms with Crippen LogP contribution >= 0.6 is 0 Å². The number of rotatable bonds is 5. The number of hydrogen-bond acceptors (Lipinski definition) is 3. The molecule has 1 aromatic carbocycles. The maximum Gasteiger partial charge on any atom is 0.335 e. The molecule has 1 aliphatic heterocycles. The van der Waals surface area contributed by atoms with Crippen LogP contribution in [-0.2, 0) is 0 Å². The Morgan fingerprint density at radius 3 is 2.70 bits per heavy atom. The zero-order valence-corrected chi connectivity index (χ0v) is 11.7. The van der Waals surface area contributed by atoms with Crippen LogP contribution in [0.25, 0.3) is 0 Å². The highest BCUT2D eigenvalue weighted by Crippen LogP contribution is 2.20. The molecule has 0 saturated carbocycles. The number of aromatic carboxylic acids is 1. The number of carboxylic acids is 1. The van der Waals surface area contributed by atoms with E-state index in [1.165, 1.54) is 12.1 Å². The topological polar surface area (TPSA) is 52.6 Å². The van der Waals surface area contributed by atoms with Gasteiger partial charge in [-0.15, -0.1) is 0 Å². The van der Waals surface area contributed by atoms with Gasteiger partial charge in [-0.1, -0.05) is 6.92 Å². The van der Waals surface area contributed by atoms with Crippen molar-refractivity contribution >= 4 is 11.7 Å². The minimum atomic E-state index is -1.11. The van der Waals surface area contributed by atoms with Crippen molar-refractivity contribution < 1.29 is 14.3 Å². The van der Waals surface area contributed by atoms with Crippen LogP contribution in [0, 0.1) is 5.82 Å². The number of halogens is 1. The third-order valence-electron chi connectivity index (χ3n) is 3.70. The fraction of sp³-hybridized carbons (Fsp3) is 0.533. The Hall–Kier alpha value is -1.62. The summed E-state index contributed by atoms with van der Waals surface area (Å²) in [5.74, 6) is -1.61. The second-order valence-corrected chi connectivity index (χ2v) is 5.26. The van der Waals surface area contributed by atoms with Crippen molar-refractivity contribution in [3.05, 3.63) is 29.6 Å². The molecule has 0 aromatic heterocycles. The van der Waals surface area contributed by atoms with Gasteiger partial charge in [-0.25, -0.2) is 9.18 Å². The molecule has 5 heteroatoms. The number of anilines is 1. The summed E-state index contributed by atoms with van der Waals surface area (Å²) >= 11 is 0. The summed E-state index contributed by atoms with van der Waals surface area (Å²) in [7, 11) is 0. The number of likely N-dealkylation sites (tertiary alicyclic amines) is 1. The highest BCUT2D eigenvalue weighted by molar-refractivity contribution is 5.88. The monoisotopic (exact) mass is 280 g/mol. The summed E-state index contributed by atoms with van der Waals surface area (Å²) in [5.41, 5.74) is 0.370. The number of nitrogens with zero attached hydrogens (tertiary/aromatic N) is 1. The molecule has 2 rings (SSSR count). The molecular weight excluding hydrogens is 259 g/mol. The van der Waals surface area contributed by atoms with Crippen LogP contribution in [0.1, 0.15) is 36.5 Å². The van der Waals surface area contributed by atoms with Gasteiger partial charge in [-0.3, -0.25) is 0 Å². The third-order valence-corrected chi connectivity index (χ3v) is 3.70. The van der Waals surface area contributed by atoms with Gasteiger partial charge in [-0.05, 0) is 44.0 Å². The highest BCUT2D eigenvalue weighted by atomic mass is 19.1. The molecule has 0 aliphatic carbocycles. The summed E-state index contributed by atoms with van der Waals surface area (Å²) in [6.45, 7) is 5.35. The van der Waals surface area contributed by atoms with Crippen molar-refractivity contribution in [1.29, 1.82) is 0 Å². The first kappa shape index (κ1) is 14.8. The molecule has 20 heavy (non-hydrogen) atoms. The van der Waals surface area contributed by atoms with Crippen molar-refractivity contribution in [3.63, 3.8) is 0 Å². The first-order valence-electron chi connectivity index (χ1n) is 7.12. The largest absolute Gasteiger partial charge is 0.478 e. The van der Waals surface area contributed by atoms with Crippen LogP contribution in [0.3, 0.4) is 0 Å². The molecule has 4 nitrogen and oxygen atoms in total. The van der Waals surface area contributed by atoms with Gasteiger partial charge < -0.3 is 15.3 Å². The Labute approximate surface area is 118 Å². The van der Waals surface area contributed by atoms with Gasteiger partial charge >= 0.3 is 5.97 Å². The maximum absolute atomic E-state index is 13.8. The van der Waals surface area contributed by atoms with E-state index in [-0.39, 0.29) is 11.6 Å². The van der Waals surface area contributed by atoms with Crippen LogP contribution in [0.5, 0.6) is 0 Å². The van der Waals surface area contributed by atoms with E-state index in [9.17, 15) is 9.18 Å². The van der Waals surface area contributed by atoms with Crippen molar-refractivity contribution in [1.82, 2.24) is 4.90 Å². The molecule has 0 radical (unpaired) electrons. The van der Waals surface area contributed by atoms with E-state index in [1.807, 2.05) is 0 Å². The lowest BCUT2D eigenvalue weighted by molar-refractivity contribution is 0.0696. The zero-order chi connectivity index (χ0) is 14.5. The van der Waals surface area contributed by atoms with Gasteiger partial charge in [0.15, 0.2) is 0 Å². The SMILES string of the molecule is CCCN1CCC(Nc2ccc(C(=O)O)cc2F)CC1. The van der Waals surface area contributed by atoms with Crippen molar-refractivity contribution in [3.8, 4) is 0 Å². The van der Waals surface area contributed by atoms with Crippen LogP contribution in [0.2, 0.25) is 0 Å². The quantitative estimate of drug-likeness (QED) is 0.871. The van der Waals surface area contributed by atoms with Crippen molar-refractivity contribution in [2.45, 2.75) is 32.2 Å². The lowest BCUT2D eigenvalue weighted by Crippen LogP contribution is -2.39. The molecule has 1 heterocycles. The Bertz CT molecular complexity index is 471. The van der Waals surface area contributed by atoms with Crippen LogP contribution in [0.4, 0.5) is 10.1 Å². The number of nitrogens with one attached hydrogen (secondary N) is 1. The van der Waals surface area contributed by atoms with E-state index >= 15 is 0 Å². The fourth-order valence-corrected chi connectivity index (χ4v) is 2.60. The van der Waals surface area contributed by atoms with Crippen molar-refractivity contribution in [2.75, 3.05) is 25.0 Å². The molecular formula is C15H21FN2O2. The van der Waals surface area contributed by atoms with E-state index < -0.39 is 11.8 Å². The minimum absolute atomic E-state index is 0.0224. The predicted molar refractivity (Wildman–Crippen MR) is 76.7 cm³/mol. The molecule has 0 spiro atoms. The van der Waals surface area contributed by atoms with Crippen LogP contribution in [0.15, 0.2) is 18.2 Å². The average molecular weight is 280 g/mol. The normalized spacial score (nSPS) is 17.1. The predicted octanol–water partition coefficient (Wildman–Crippen LogP) is 2.81. The first-order valence-corrected chi connectivity index (χ1v) is 7.12. The number of carboxylic acid groups (broad SMARTS) is 1. The number of piperidine rings is 1. The van der Waals surface area contributed by atoms with Gasteiger partial charge in [0.25, 0.3) is 0 Å². The van der Waals surface area contributed by atoms with Gasteiger partial charge in [0.1, 0.15) is 5.82 Å². The first-order chi connectivity index (χ1) is 9.60. The molecule has 1 fully saturated rings. The van der Waals surface area contributed by atoms with Gasteiger partial charge in [0, 0.05) is 19.1 Å². The maximum atomic E-state index is 13.8. The molecule has 0 unspecified atom stereocenters. The highest BCUT2D eigenvalue weighted by Gasteiger charge is 2.19. The summed E-state index contributed by atoms with van der Waals surface area (Å²) in [4.78, 5) is 13.2. The van der Waals surface area contributed by atoms with Gasteiger partial charge in [-0.2, -0.15) is 0 Å². The Morgan fingerprint density at radius 1 is 1.45 bits per heavy atom. The van der Waals surface area contributed by atoms with E-state index in [0.29, 0.717) is 5.69 Å². The molecule has 2 N–H and O–H groups in total. The second-order valence-electron chi connectivity index (χ2n) is 5.26. The van der Waals surface area contributed by atoms with Crippen molar-refractivity contribution in [2.24, 2.45) is 0 Å².